The number of ether oxygens (including phenoxy) is 1. The molecule has 2 aliphatic rings. The summed E-state index contributed by atoms with van der Waals surface area (Å²) in [4.78, 5) is 5.29. The maximum absolute atomic E-state index is 5.73. The minimum Gasteiger partial charge on any atom is -0.381 e. The van der Waals surface area contributed by atoms with Gasteiger partial charge in [-0.1, -0.05) is 20.8 Å². The summed E-state index contributed by atoms with van der Waals surface area (Å²) in [6, 6.07) is 0. The van der Waals surface area contributed by atoms with Gasteiger partial charge in [-0.3, -0.25) is 0 Å². The lowest BCUT2D eigenvalue weighted by atomic mass is 9.86. The Morgan fingerprint density at radius 3 is 2.43 bits per heavy atom. The van der Waals surface area contributed by atoms with Crippen LogP contribution in [0.25, 0.3) is 0 Å². The molecule has 0 amide bonds. The molecule has 2 aliphatic heterocycles. The summed E-state index contributed by atoms with van der Waals surface area (Å²) in [6.45, 7) is 18.4. The summed E-state index contributed by atoms with van der Waals surface area (Å²) in [5, 5.41) is 3.63. The van der Waals surface area contributed by atoms with Crippen LogP contribution in [0.4, 0.5) is 0 Å². The Labute approximate surface area is 131 Å². The molecule has 1 N–H and O–H groups in total. The normalized spacial score (nSPS) is 28.6. The molecule has 0 saturated carbocycles. The van der Waals surface area contributed by atoms with Crippen LogP contribution < -0.4 is 5.32 Å². The molecule has 1 unspecified atom stereocenters. The third kappa shape index (κ3) is 5.51. The molecule has 0 spiro atoms. The number of rotatable bonds is 8. The number of nitrogens with one attached hydrogen (secondary N) is 1. The zero-order chi connectivity index (χ0) is 15.1. The lowest BCUT2D eigenvalue weighted by Crippen LogP contribution is -2.52. The molecular weight excluding hydrogens is 262 g/mol. The highest BCUT2D eigenvalue weighted by Crippen LogP contribution is 2.29. The largest absolute Gasteiger partial charge is 0.381 e. The summed E-state index contributed by atoms with van der Waals surface area (Å²) >= 11 is 0. The molecule has 2 rings (SSSR count). The van der Waals surface area contributed by atoms with Gasteiger partial charge in [-0.15, -0.1) is 0 Å². The SMILES string of the molecule is CCCNCC1(CN2CCN(CC(C)C)CC2)CCOC1. The van der Waals surface area contributed by atoms with Crippen LogP contribution in [0.5, 0.6) is 0 Å². The van der Waals surface area contributed by atoms with Gasteiger partial charge in [-0.05, 0) is 25.3 Å². The Morgan fingerprint density at radius 1 is 1.14 bits per heavy atom. The van der Waals surface area contributed by atoms with Gasteiger partial charge < -0.3 is 19.9 Å². The second-order valence-corrected chi connectivity index (χ2v) is 7.45. The van der Waals surface area contributed by atoms with Gasteiger partial charge in [0, 0.05) is 57.8 Å². The van der Waals surface area contributed by atoms with Crippen molar-refractivity contribution in [1.29, 1.82) is 0 Å². The lowest BCUT2D eigenvalue weighted by Gasteiger charge is -2.40. The Morgan fingerprint density at radius 2 is 1.86 bits per heavy atom. The average molecular weight is 297 g/mol. The molecule has 2 fully saturated rings. The molecule has 1 atom stereocenters. The van der Waals surface area contributed by atoms with Gasteiger partial charge in [0.15, 0.2) is 0 Å². The van der Waals surface area contributed by atoms with Crippen molar-refractivity contribution >= 4 is 0 Å². The first-order valence-electron chi connectivity index (χ1n) is 8.87. The third-order valence-corrected chi connectivity index (χ3v) is 4.76. The van der Waals surface area contributed by atoms with E-state index in [4.69, 9.17) is 4.74 Å². The van der Waals surface area contributed by atoms with Crippen molar-refractivity contribution in [3.63, 3.8) is 0 Å². The molecule has 0 bridgehead atoms. The van der Waals surface area contributed by atoms with Crippen LogP contribution in [0.2, 0.25) is 0 Å². The van der Waals surface area contributed by atoms with Crippen molar-refractivity contribution < 1.29 is 4.74 Å². The summed E-state index contributed by atoms with van der Waals surface area (Å²) in [6.07, 6.45) is 2.43. The Kier molecular flexibility index (Phi) is 6.93. The molecule has 0 radical (unpaired) electrons. The molecule has 0 aliphatic carbocycles. The Hall–Kier alpha value is -0.160. The highest BCUT2D eigenvalue weighted by Gasteiger charge is 2.36. The van der Waals surface area contributed by atoms with Gasteiger partial charge in [0.1, 0.15) is 0 Å². The molecule has 0 aromatic carbocycles. The average Bonchev–Trinajstić information content (AvgIpc) is 2.90. The van der Waals surface area contributed by atoms with Gasteiger partial charge in [0.05, 0.1) is 6.61 Å². The fourth-order valence-electron chi connectivity index (χ4n) is 3.62. The minimum absolute atomic E-state index is 0.357. The van der Waals surface area contributed by atoms with Gasteiger partial charge in [0.25, 0.3) is 0 Å². The van der Waals surface area contributed by atoms with E-state index < -0.39 is 0 Å². The second-order valence-electron chi connectivity index (χ2n) is 7.45. The molecule has 2 heterocycles. The van der Waals surface area contributed by atoms with Crippen LogP contribution in [0.3, 0.4) is 0 Å². The van der Waals surface area contributed by atoms with Crippen molar-refractivity contribution in [2.45, 2.75) is 33.6 Å². The van der Waals surface area contributed by atoms with Crippen LogP contribution in [-0.2, 0) is 4.74 Å². The van der Waals surface area contributed by atoms with Crippen molar-refractivity contribution in [3.05, 3.63) is 0 Å². The van der Waals surface area contributed by atoms with Crippen molar-refractivity contribution in [2.75, 3.05) is 65.6 Å². The Bertz CT molecular complexity index is 282. The van der Waals surface area contributed by atoms with Crippen LogP contribution in [0.15, 0.2) is 0 Å². The standard InChI is InChI=1S/C17H35N3O/c1-4-6-18-13-17(5-11-21-15-17)14-20-9-7-19(8-10-20)12-16(2)3/h16,18H,4-15H2,1-3H3. The molecule has 21 heavy (non-hydrogen) atoms. The smallest absolute Gasteiger partial charge is 0.0547 e. The fraction of sp³-hybridized carbons (Fsp3) is 1.00. The van der Waals surface area contributed by atoms with Gasteiger partial charge in [-0.2, -0.15) is 0 Å². The second kappa shape index (κ2) is 8.47. The first-order chi connectivity index (χ1) is 10.1. The van der Waals surface area contributed by atoms with Crippen LogP contribution in [0.1, 0.15) is 33.6 Å². The molecule has 0 aromatic rings. The third-order valence-electron chi connectivity index (χ3n) is 4.76. The molecule has 4 nitrogen and oxygen atoms in total. The van der Waals surface area contributed by atoms with E-state index in [-0.39, 0.29) is 0 Å². The summed E-state index contributed by atoms with van der Waals surface area (Å²) in [5.74, 6) is 0.782. The van der Waals surface area contributed by atoms with Crippen molar-refractivity contribution in [2.24, 2.45) is 11.3 Å². The first kappa shape index (κ1) is 17.2. The fourth-order valence-corrected chi connectivity index (χ4v) is 3.62. The summed E-state index contributed by atoms with van der Waals surface area (Å²) in [5.41, 5.74) is 0.357. The topological polar surface area (TPSA) is 27.7 Å². The maximum atomic E-state index is 5.73. The number of hydrogen-bond donors (Lipinski definition) is 1. The van der Waals surface area contributed by atoms with Crippen LogP contribution in [-0.4, -0.2) is 75.4 Å². The van der Waals surface area contributed by atoms with E-state index in [9.17, 15) is 0 Å². The van der Waals surface area contributed by atoms with E-state index in [1.54, 1.807) is 0 Å². The Balaban J connectivity index is 1.76. The monoisotopic (exact) mass is 297 g/mol. The van der Waals surface area contributed by atoms with E-state index in [1.807, 2.05) is 0 Å². The van der Waals surface area contributed by atoms with E-state index in [0.29, 0.717) is 5.41 Å². The van der Waals surface area contributed by atoms with Gasteiger partial charge in [0.2, 0.25) is 0 Å². The molecule has 124 valence electrons. The molecule has 2 saturated heterocycles. The van der Waals surface area contributed by atoms with Gasteiger partial charge in [-0.25, -0.2) is 0 Å². The quantitative estimate of drug-likeness (QED) is 0.690. The highest BCUT2D eigenvalue weighted by atomic mass is 16.5. The zero-order valence-electron chi connectivity index (χ0n) is 14.4. The van der Waals surface area contributed by atoms with Gasteiger partial charge >= 0.3 is 0 Å². The van der Waals surface area contributed by atoms with E-state index in [2.05, 4.69) is 35.9 Å². The van der Waals surface area contributed by atoms with Crippen LogP contribution >= 0.6 is 0 Å². The minimum atomic E-state index is 0.357. The van der Waals surface area contributed by atoms with Crippen LogP contribution in [0, 0.1) is 11.3 Å². The summed E-state index contributed by atoms with van der Waals surface area (Å²) < 4.78 is 5.73. The molecule has 4 heteroatoms. The highest BCUT2D eigenvalue weighted by molar-refractivity contribution is 4.89. The first-order valence-corrected chi connectivity index (χ1v) is 8.87. The van der Waals surface area contributed by atoms with Crippen molar-refractivity contribution in [1.82, 2.24) is 15.1 Å². The zero-order valence-corrected chi connectivity index (χ0v) is 14.4. The molecule has 0 aromatic heterocycles. The number of hydrogen-bond acceptors (Lipinski definition) is 4. The van der Waals surface area contributed by atoms with E-state index in [0.717, 1.165) is 32.2 Å². The van der Waals surface area contributed by atoms with E-state index >= 15 is 0 Å². The molecular formula is C17H35N3O. The predicted octanol–water partition coefficient (Wildman–Crippen LogP) is 1.67. The predicted molar refractivity (Wildman–Crippen MR) is 88.7 cm³/mol. The number of nitrogens with zero attached hydrogens (tertiary/aromatic N) is 2. The maximum Gasteiger partial charge on any atom is 0.0547 e. The van der Waals surface area contributed by atoms with E-state index in [1.165, 1.54) is 52.1 Å². The lowest BCUT2D eigenvalue weighted by molar-refractivity contribution is 0.0675. The van der Waals surface area contributed by atoms with Crippen molar-refractivity contribution in [3.8, 4) is 0 Å². The summed E-state index contributed by atoms with van der Waals surface area (Å²) in [7, 11) is 0. The number of piperazine rings is 1.